The van der Waals surface area contributed by atoms with Crippen molar-refractivity contribution < 1.29 is 23.8 Å². The number of rotatable bonds is 7. The Labute approximate surface area is 160 Å². The van der Waals surface area contributed by atoms with Crippen LogP contribution in [0.3, 0.4) is 0 Å². The fourth-order valence-electron chi connectivity index (χ4n) is 4.30. The molecule has 2 aliphatic rings. The van der Waals surface area contributed by atoms with E-state index < -0.39 is 0 Å². The number of fused-ring (bicyclic) bond motifs is 3. The van der Waals surface area contributed by atoms with E-state index >= 15 is 0 Å². The highest BCUT2D eigenvalue weighted by molar-refractivity contribution is 5.69. The van der Waals surface area contributed by atoms with Crippen molar-refractivity contribution in [3.63, 3.8) is 0 Å². The Hall–Kier alpha value is -2.30. The zero-order valence-electron chi connectivity index (χ0n) is 16.3. The fourth-order valence-corrected chi connectivity index (χ4v) is 4.30. The lowest BCUT2D eigenvalue weighted by Crippen LogP contribution is -2.22. The van der Waals surface area contributed by atoms with Gasteiger partial charge in [0.1, 0.15) is 18.0 Å². The summed E-state index contributed by atoms with van der Waals surface area (Å²) in [6.45, 7) is 3.56. The second kappa shape index (κ2) is 8.59. The molecule has 1 heterocycles. The SMILES string of the molecule is CC/C=C/C1C(OC(C)=O)CC2Oc3c(CCCC(=O)OC)cccc3C21. The van der Waals surface area contributed by atoms with E-state index in [1.54, 1.807) is 0 Å². The number of methoxy groups -OCH3 is 1. The summed E-state index contributed by atoms with van der Waals surface area (Å²) in [6.07, 6.45) is 7.78. The molecule has 1 fully saturated rings. The number of hydrogen-bond donors (Lipinski definition) is 0. The van der Waals surface area contributed by atoms with Gasteiger partial charge in [0.25, 0.3) is 0 Å². The highest BCUT2D eigenvalue weighted by atomic mass is 16.5. The van der Waals surface area contributed by atoms with E-state index in [-0.39, 0.29) is 36.0 Å². The van der Waals surface area contributed by atoms with E-state index in [2.05, 4.69) is 37.3 Å². The van der Waals surface area contributed by atoms with E-state index in [9.17, 15) is 9.59 Å². The van der Waals surface area contributed by atoms with Crippen molar-refractivity contribution in [2.24, 2.45) is 5.92 Å². The molecule has 1 aliphatic carbocycles. The third-order valence-electron chi connectivity index (χ3n) is 5.43. The average Bonchev–Trinajstić information content (AvgIpc) is 3.15. The van der Waals surface area contributed by atoms with Crippen LogP contribution in [0.25, 0.3) is 0 Å². The summed E-state index contributed by atoms with van der Waals surface area (Å²) in [5.74, 6) is 0.854. The number of ether oxygens (including phenoxy) is 3. The summed E-state index contributed by atoms with van der Waals surface area (Å²) in [7, 11) is 1.41. The number of allylic oxidation sites excluding steroid dienone is 1. The second-order valence-electron chi connectivity index (χ2n) is 7.24. The second-order valence-corrected chi connectivity index (χ2v) is 7.24. The van der Waals surface area contributed by atoms with Gasteiger partial charge in [-0.2, -0.15) is 0 Å². The minimum Gasteiger partial charge on any atom is -0.489 e. The molecule has 0 radical (unpaired) electrons. The number of para-hydroxylation sites is 1. The molecule has 1 aromatic carbocycles. The van der Waals surface area contributed by atoms with Crippen molar-refractivity contribution >= 4 is 11.9 Å². The van der Waals surface area contributed by atoms with Gasteiger partial charge in [-0.15, -0.1) is 0 Å². The molecule has 27 heavy (non-hydrogen) atoms. The minimum atomic E-state index is -0.244. The quantitative estimate of drug-likeness (QED) is 0.536. The van der Waals surface area contributed by atoms with E-state index in [1.165, 1.54) is 19.6 Å². The van der Waals surface area contributed by atoms with Crippen LogP contribution in [0.1, 0.15) is 56.6 Å². The number of benzene rings is 1. The molecule has 1 aromatic rings. The molecular weight excluding hydrogens is 344 g/mol. The summed E-state index contributed by atoms with van der Waals surface area (Å²) in [5, 5.41) is 0. The van der Waals surface area contributed by atoms with Gasteiger partial charge in [-0.3, -0.25) is 9.59 Å². The zero-order valence-corrected chi connectivity index (χ0v) is 16.3. The molecule has 0 spiro atoms. The number of carbonyl (C=O) groups is 2. The number of hydrogen-bond acceptors (Lipinski definition) is 5. The minimum absolute atomic E-state index is 0.0256. The molecule has 1 aliphatic heterocycles. The molecule has 5 heteroatoms. The van der Waals surface area contributed by atoms with Gasteiger partial charge in [0, 0.05) is 37.2 Å². The fraction of sp³-hybridized carbons (Fsp3) is 0.545. The summed E-state index contributed by atoms with van der Waals surface area (Å²) >= 11 is 0. The number of esters is 2. The predicted octanol–water partition coefficient (Wildman–Crippen LogP) is 3.94. The summed E-state index contributed by atoms with van der Waals surface area (Å²) < 4.78 is 16.6. The highest BCUT2D eigenvalue weighted by Gasteiger charge is 2.50. The third-order valence-corrected chi connectivity index (χ3v) is 5.43. The van der Waals surface area contributed by atoms with Crippen molar-refractivity contribution in [1.29, 1.82) is 0 Å². The summed E-state index contributed by atoms with van der Waals surface area (Å²) in [5.41, 5.74) is 2.32. The van der Waals surface area contributed by atoms with E-state index in [4.69, 9.17) is 14.2 Å². The molecule has 4 atom stereocenters. The van der Waals surface area contributed by atoms with Gasteiger partial charge < -0.3 is 14.2 Å². The molecule has 4 unspecified atom stereocenters. The molecule has 0 amide bonds. The molecule has 0 aromatic heterocycles. The first-order valence-corrected chi connectivity index (χ1v) is 9.74. The zero-order chi connectivity index (χ0) is 19.4. The highest BCUT2D eigenvalue weighted by Crippen LogP contribution is 2.52. The van der Waals surface area contributed by atoms with Gasteiger partial charge in [0.15, 0.2) is 0 Å². The first-order valence-electron chi connectivity index (χ1n) is 9.74. The van der Waals surface area contributed by atoms with Crippen LogP contribution >= 0.6 is 0 Å². The van der Waals surface area contributed by atoms with Gasteiger partial charge in [-0.05, 0) is 24.8 Å². The average molecular weight is 372 g/mol. The van der Waals surface area contributed by atoms with E-state index in [0.29, 0.717) is 12.8 Å². The Balaban J connectivity index is 1.81. The molecule has 1 saturated carbocycles. The lowest BCUT2D eigenvalue weighted by Gasteiger charge is -2.21. The van der Waals surface area contributed by atoms with Gasteiger partial charge in [0.05, 0.1) is 7.11 Å². The van der Waals surface area contributed by atoms with Gasteiger partial charge >= 0.3 is 11.9 Å². The Bertz CT molecular complexity index is 723. The smallest absolute Gasteiger partial charge is 0.305 e. The largest absolute Gasteiger partial charge is 0.489 e. The molecule has 0 N–H and O–H groups in total. The Kier molecular flexibility index (Phi) is 6.19. The summed E-state index contributed by atoms with van der Waals surface area (Å²) in [4.78, 5) is 22.9. The molecule has 0 bridgehead atoms. The van der Waals surface area contributed by atoms with Gasteiger partial charge in [-0.25, -0.2) is 0 Å². The first kappa shape index (κ1) is 19.5. The molecule has 3 rings (SSSR count). The van der Waals surface area contributed by atoms with Gasteiger partial charge in [0.2, 0.25) is 0 Å². The predicted molar refractivity (Wildman–Crippen MR) is 102 cm³/mol. The Morgan fingerprint density at radius 2 is 2.15 bits per heavy atom. The Morgan fingerprint density at radius 3 is 2.85 bits per heavy atom. The van der Waals surface area contributed by atoms with Crippen LogP contribution in [0.5, 0.6) is 5.75 Å². The monoisotopic (exact) mass is 372 g/mol. The van der Waals surface area contributed by atoms with Crippen LogP contribution in [0.2, 0.25) is 0 Å². The summed E-state index contributed by atoms with van der Waals surface area (Å²) in [6, 6.07) is 6.24. The normalized spacial score (nSPS) is 25.7. The molecule has 0 saturated heterocycles. The van der Waals surface area contributed by atoms with Crippen molar-refractivity contribution in [3.8, 4) is 5.75 Å². The standard InChI is InChI=1S/C22H28O5/c1-4-5-10-16-18(26-14(2)23)13-19-21(16)17-11-6-8-15(22(17)27-19)9-7-12-20(24)25-3/h5-6,8,10-11,16,18-19,21H,4,7,9,12-13H2,1-3H3/b10-5+. The van der Waals surface area contributed by atoms with E-state index in [1.807, 2.05) is 0 Å². The topological polar surface area (TPSA) is 61.8 Å². The van der Waals surface area contributed by atoms with Crippen molar-refractivity contribution in [3.05, 3.63) is 41.5 Å². The molecule has 5 nitrogen and oxygen atoms in total. The van der Waals surface area contributed by atoms with Crippen LogP contribution in [0.4, 0.5) is 0 Å². The van der Waals surface area contributed by atoms with Crippen LogP contribution < -0.4 is 4.74 Å². The molecular formula is C22H28O5. The van der Waals surface area contributed by atoms with Crippen molar-refractivity contribution in [2.75, 3.05) is 7.11 Å². The van der Waals surface area contributed by atoms with Crippen LogP contribution in [-0.4, -0.2) is 31.3 Å². The maximum atomic E-state index is 11.5. The van der Waals surface area contributed by atoms with Crippen LogP contribution in [0, 0.1) is 5.92 Å². The van der Waals surface area contributed by atoms with Crippen molar-refractivity contribution in [2.45, 2.75) is 64.1 Å². The third kappa shape index (κ3) is 4.18. The van der Waals surface area contributed by atoms with Crippen LogP contribution in [-0.2, 0) is 25.5 Å². The number of carbonyl (C=O) groups excluding carboxylic acids is 2. The maximum Gasteiger partial charge on any atom is 0.305 e. The Morgan fingerprint density at radius 1 is 1.33 bits per heavy atom. The molecule has 146 valence electrons. The number of aryl methyl sites for hydroxylation is 1. The van der Waals surface area contributed by atoms with E-state index in [0.717, 1.165) is 30.6 Å². The van der Waals surface area contributed by atoms with Crippen molar-refractivity contribution in [1.82, 2.24) is 0 Å². The lowest BCUT2D eigenvalue weighted by atomic mass is 9.86. The van der Waals surface area contributed by atoms with Crippen LogP contribution in [0.15, 0.2) is 30.4 Å². The first-order chi connectivity index (χ1) is 13.0. The lowest BCUT2D eigenvalue weighted by molar-refractivity contribution is -0.147. The maximum absolute atomic E-state index is 11.5. The van der Waals surface area contributed by atoms with Gasteiger partial charge in [-0.1, -0.05) is 37.3 Å².